The van der Waals surface area contributed by atoms with Crippen LogP contribution in [0.3, 0.4) is 0 Å². The molecule has 0 aromatic heterocycles. The van der Waals surface area contributed by atoms with E-state index in [1.54, 1.807) is 0 Å². The number of unbranched alkanes of at least 4 members (excludes halogenated alkanes) is 55. The van der Waals surface area contributed by atoms with Crippen molar-refractivity contribution in [2.75, 3.05) is 13.2 Å². The largest absolute Gasteiger partial charge is 0.462 e. The number of aliphatic hydroxyl groups is 1. The Hall–Kier alpha value is -1.88. The van der Waals surface area contributed by atoms with Gasteiger partial charge in [-0.15, -0.1) is 0 Å². The minimum absolute atomic E-state index is 0.0596. The van der Waals surface area contributed by atoms with Gasteiger partial charge in [0.25, 0.3) is 0 Å². The average Bonchev–Trinajstić information content (AvgIpc) is 3.46. The molecular weight excluding hydrogens is 981 g/mol. The first-order chi connectivity index (χ1) is 39.6. The summed E-state index contributed by atoms with van der Waals surface area (Å²) in [5.74, 6) is -0.566. The molecule has 472 valence electrons. The molecule has 0 saturated heterocycles. The van der Waals surface area contributed by atoms with Crippen molar-refractivity contribution in [1.29, 1.82) is 0 Å². The Morgan fingerprint density at radius 3 is 0.750 bits per heavy atom. The maximum absolute atomic E-state index is 12.4. The lowest BCUT2D eigenvalue weighted by molar-refractivity contribution is -0.161. The molecule has 0 heterocycles. The zero-order valence-corrected chi connectivity index (χ0v) is 54.4. The smallest absolute Gasteiger partial charge is 0.306 e. The highest BCUT2D eigenvalue weighted by atomic mass is 16.6. The Morgan fingerprint density at radius 2 is 0.500 bits per heavy atom. The molecule has 5 nitrogen and oxygen atoms in total. The van der Waals surface area contributed by atoms with Gasteiger partial charge in [-0.25, -0.2) is 0 Å². The standard InChI is InChI=1S/C75H142O5/c1-3-5-7-9-11-13-15-17-19-21-23-25-27-29-31-33-35-36-37-38-40-41-43-45-47-49-51-53-55-57-59-61-63-65-67-69-74(77)79-72-73(71-76)80-75(78)70-68-66-64-62-60-58-56-54-52-50-48-46-44-42-39-34-32-30-28-26-24-22-20-18-16-14-12-10-8-6-4-2/h16,18,22,24,28,30,73,76H,3-15,17,19-21,23,25-27,29,31-72H2,1-2H3/b18-16-,24-22-,30-28-. The molecule has 1 unspecified atom stereocenters. The topological polar surface area (TPSA) is 72.8 Å². The number of hydrogen-bond acceptors (Lipinski definition) is 5. The van der Waals surface area contributed by atoms with Crippen LogP contribution in [-0.4, -0.2) is 36.4 Å². The zero-order chi connectivity index (χ0) is 57.6. The Labute approximate surface area is 501 Å². The summed E-state index contributed by atoms with van der Waals surface area (Å²) in [6, 6.07) is 0. The quantitative estimate of drug-likeness (QED) is 0.0373. The minimum atomic E-state index is -0.771. The lowest BCUT2D eigenvalue weighted by atomic mass is 10.0. The van der Waals surface area contributed by atoms with Crippen molar-refractivity contribution >= 4 is 11.9 Å². The van der Waals surface area contributed by atoms with Crippen molar-refractivity contribution in [2.45, 2.75) is 418 Å². The highest BCUT2D eigenvalue weighted by Crippen LogP contribution is 2.19. The van der Waals surface area contributed by atoms with E-state index in [9.17, 15) is 14.7 Å². The van der Waals surface area contributed by atoms with E-state index < -0.39 is 6.10 Å². The lowest BCUT2D eigenvalue weighted by Crippen LogP contribution is -2.28. The molecule has 0 saturated carbocycles. The molecular formula is C75H142O5. The highest BCUT2D eigenvalue weighted by molar-refractivity contribution is 5.70. The van der Waals surface area contributed by atoms with Crippen molar-refractivity contribution in [3.05, 3.63) is 36.5 Å². The zero-order valence-electron chi connectivity index (χ0n) is 54.4. The molecule has 0 amide bonds. The molecule has 0 aliphatic carbocycles. The number of aliphatic hydroxyl groups excluding tert-OH is 1. The summed E-state index contributed by atoms with van der Waals surface area (Å²) < 4.78 is 10.8. The van der Waals surface area contributed by atoms with E-state index in [2.05, 4.69) is 50.3 Å². The van der Waals surface area contributed by atoms with E-state index in [4.69, 9.17) is 9.47 Å². The van der Waals surface area contributed by atoms with Gasteiger partial charge in [0, 0.05) is 12.8 Å². The van der Waals surface area contributed by atoms with Crippen LogP contribution < -0.4 is 0 Å². The molecule has 0 spiro atoms. The first-order valence-electron chi connectivity index (χ1n) is 36.5. The van der Waals surface area contributed by atoms with E-state index in [-0.39, 0.29) is 25.2 Å². The van der Waals surface area contributed by atoms with E-state index in [0.29, 0.717) is 12.8 Å². The third-order valence-corrected chi connectivity index (χ3v) is 16.9. The van der Waals surface area contributed by atoms with Gasteiger partial charge in [0.1, 0.15) is 6.61 Å². The van der Waals surface area contributed by atoms with Crippen LogP contribution in [0, 0.1) is 0 Å². The van der Waals surface area contributed by atoms with Crippen LogP contribution in [0.2, 0.25) is 0 Å². The predicted molar refractivity (Wildman–Crippen MR) is 353 cm³/mol. The van der Waals surface area contributed by atoms with Crippen LogP contribution in [-0.2, 0) is 19.1 Å². The van der Waals surface area contributed by atoms with Crippen LogP contribution in [0.4, 0.5) is 0 Å². The molecule has 5 heteroatoms. The Morgan fingerprint density at radius 1 is 0.287 bits per heavy atom. The van der Waals surface area contributed by atoms with Crippen molar-refractivity contribution in [3.8, 4) is 0 Å². The fourth-order valence-corrected chi connectivity index (χ4v) is 11.5. The Kier molecular flexibility index (Phi) is 69.7. The number of rotatable bonds is 69. The summed E-state index contributed by atoms with van der Waals surface area (Å²) in [4.78, 5) is 24.7. The number of esters is 2. The monoisotopic (exact) mass is 1120 g/mol. The summed E-state index contributed by atoms with van der Waals surface area (Å²) >= 11 is 0. The van der Waals surface area contributed by atoms with Crippen molar-refractivity contribution < 1.29 is 24.2 Å². The fraction of sp³-hybridized carbons (Fsp3) is 0.893. The van der Waals surface area contributed by atoms with Gasteiger partial charge in [-0.3, -0.25) is 9.59 Å². The second-order valence-electron chi connectivity index (χ2n) is 25.0. The number of ether oxygens (including phenoxy) is 2. The summed E-state index contributed by atoms with van der Waals surface area (Å²) in [5.41, 5.74) is 0. The van der Waals surface area contributed by atoms with Crippen LogP contribution >= 0.6 is 0 Å². The molecule has 0 radical (unpaired) electrons. The van der Waals surface area contributed by atoms with Gasteiger partial charge in [0.05, 0.1) is 6.61 Å². The molecule has 0 aromatic carbocycles. The van der Waals surface area contributed by atoms with Gasteiger partial charge < -0.3 is 14.6 Å². The molecule has 0 aliphatic heterocycles. The van der Waals surface area contributed by atoms with Crippen LogP contribution in [0.15, 0.2) is 36.5 Å². The highest BCUT2D eigenvalue weighted by Gasteiger charge is 2.16. The Balaban J connectivity index is 3.38. The number of hydrogen-bond donors (Lipinski definition) is 1. The second-order valence-corrected chi connectivity index (χ2v) is 25.0. The molecule has 1 N–H and O–H groups in total. The third-order valence-electron chi connectivity index (χ3n) is 16.9. The molecule has 0 aliphatic rings. The lowest BCUT2D eigenvalue weighted by Gasteiger charge is -2.15. The SMILES string of the molecule is CCCCCCC/C=C\C/C=C\C/C=C\CCCCCCCCCCCCCCCCCCC(=O)OC(CO)COC(=O)CCCCCCCCCCCCCCCCCCCCCCCCCCCCCCCCCCCCC. The van der Waals surface area contributed by atoms with Gasteiger partial charge in [0.15, 0.2) is 6.10 Å². The van der Waals surface area contributed by atoms with Crippen molar-refractivity contribution in [3.63, 3.8) is 0 Å². The van der Waals surface area contributed by atoms with Gasteiger partial charge in [0.2, 0.25) is 0 Å². The van der Waals surface area contributed by atoms with Crippen LogP contribution in [0.25, 0.3) is 0 Å². The van der Waals surface area contributed by atoms with E-state index >= 15 is 0 Å². The second kappa shape index (κ2) is 71.4. The van der Waals surface area contributed by atoms with Gasteiger partial charge in [-0.2, -0.15) is 0 Å². The molecule has 0 fully saturated rings. The van der Waals surface area contributed by atoms with Crippen LogP contribution in [0.5, 0.6) is 0 Å². The van der Waals surface area contributed by atoms with Gasteiger partial charge in [-0.05, 0) is 51.4 Å². The number of carbonyl (C=O) groups is 2. The van der Waals surface area contributed by atoms with E-state index in [1.165, 1.54) is 340 Å². The van der Waals surface area contributed by atoms with Crippen LogP contribution in [0.1, 0.15) is 412 Å². The first-order valence-corrected chi connectivity index (χ1v) is 36.5. The summed E-state index contributed by atoms with van der Waals surface area (Å²) in [7, 11) is 0. The third kappa shape index (κ3) is 68.6. The number of allylic oxidation sites excluding steroid dienone is 6. The minimum Gasteiger partial charge on any atom is -0.462 e. The fourth-order valence-electron chi connectivity index (χ4n) is 11.5. The first kappa shape index (κ1) is 78.1. The van der Waals surface area contributed by atoms with Crippen molar-refractivity contribution in [1.82, 2.24) is 0 Å². The maximum Gasteiger partial charge on any atom is 0.306 e. The maximum atomic E-state index is 12.4. The summed E-state index contributed by atoms with van der Waals surface area (Å²) in [5, 5.41) is 9.71. The van der Waals surface area contributed by atoms with Crippen molar-refractivity contribution in [2.24, 2.45) is 0 Å². The predicted octanol–water partition coefficient (Wildman–Crippen LogP) is 25.3. The number of carbonyl (C=O) groups excluding carboxylic acids is 2. The molecule has 0 rings (SSSR count). The normalized spacial score (nSPS) is 12.3. The van der Waals surface area contributed by atoms with E-state index in [0.717, 1.165) is 44.9 Å². The molecule has 1 atom stereocenters. The van der Waals surface area contributed by atoms with Gasteiger partial charge in [-0.1, -0.05) is 384 Å². The Bertz CT molecular complexity index is 1270. The molecule has 0 bridgehead atoms. The average molecular weight is 1120 g/mol. The van der Waals surface area contributed by atoms with Gasteiger partial charge >= 0.3 is 11.9 Å². The van der Waals surface area contributed by atoms with E-state index in [1.807, 2.05) is 0 Å². The summed E-state index contributed by atoms with van der Waals surface area (Å²) in [6.07, 6.45) is 94.9. The molecule has 80 heavy (non-hydrogen) atoms. The summed E-state index contributed by atoms with van der Waals surface area (Å²) in [6.45, 7) is 4.20. The molecule has 0 aromatic rings.